The number of rotatable bonds is 5. The molecule has 5 atom stereocenters. The predicted molar refractivity (Wildman–Crippen MR) is 241 cm³/mol. The second-order valence-corrected chi connectivity index (χ2v) is 16.8. The number of aromatic nitrogens is 1. The van der Waals surface area contributed by atoms with Crippen molar-refractivity contribution in [3.8, 4) is 16.8 Å². The van der Waals surface area contributed by atoms with Gasteiger partial charge in [-0.25, -0.2) is 0 Å². The molecule has 0 bridgehead atoms. The fraction of sp³-hybridized carbons (Fsp3) is 0.123. The largest absolute Gasteiger partial charge is 0.309 e. The van der Waals surface area contributed by atoms with Crippen molar-refractivity contribution in [1.29, 1.82) is 0 Å². The Kier molecular flexibility index (Phi) is 7.29. The van der Waals surface area contributed by atoms with Crippen LogP contribution in [0, 0.1) is 17.8 Å². The zero-order valence-electron chi connectivity index (χ0n) is 32.6. The van der Waals surface area contributed by atoms with E-state index in [0.717, 1.165) is 6.42 Å². The zero-order valence-corrected chi connectivity index (χ0v) is 32.6. The van der Waals surface area contributed by atoms with Gasteiger partial charge in [0.1, 0.15) is 0 Å². The van der Waals surface area contributed by atoms with Crippen LogP contribution in [0.1, 0.15) is 46.7 Å². The summed E-state index contributed by atoms with van der Waals surface area (Å²) in [6.45, 7) is 2.38. The highest BCUT2D eigenvalue weighted by Gasteiger charge is 2.65. The lowest BCUT2D eigenvalue weighted by atomic mass is 9.44. The van der Waals surface area contributed by atoms with E-state index >= 15 is 0 Å². The van der Waals surface area contributed by atoms with Gasteiger partial charge in [0.05, 0.1) is 16.4 Å². The van der Waals surface area contributed by atoms with Gasteiger partial charge in [0, 0.05) is 33.7 Å². The van der Waals surface area contributed by atoms with Crippen LogP contribution >= 0.6 is 0 Å². The first-order valence-corrected chi connectivity index (χ1v) is 20.9. The lowest BCUT2D eigenvalue weighted by Crippen LogP contribution is -2.54. The molecule has 0 fully saturated rings. The third-order valence-electron chi connectivity index (χ3n) is 14.1. The minimum Gasteiger partial charge on any atom is -0.309 e. The molecule has 4 aliphatic carbocycles. The quantitative estimate of drug-likeness (QED) is 0.166. The molecule has 0 saturated heterocycles. The minimum absolute atomic E-state index is 0.186. The molecule has 4 aliphatic rings. The van der Waals surface area contributed by atoms with Gasteiger partial charge in [0.15, 0.2) is 0 Å². The van der Waals surface area contributed by atoms with Gasteiger partial charge in [-0.05, 0) is 92.8 Å². The second kappa shape index (κ2) is 12.7. The molecule has 5 unspecified atom stereocenters. The molecule has 0 spiro atoms. The summed E-state index contributed by atoms with van der Waals surface area (Å²) in [6, 6.07) is 66.4. The normalized spacial score (nSPS) is 23.9. The molecule has 1 aromatic heterocycles. The summed E-state index contributed by atoms with van der Waals surface area (Å²) >= 11 is 0. The van der Waals surface area contributed by atoms with Crippen molar-refractivity contribution in [3.63, 3.8) is 0 Å². The Labute approximate surface area is 340 Å². The van der Waals surface area contributed by atoms with E-state index in [2.05, 4.69) is 224 Å². The van der Waals surface area contributed by atoms with E-state index in [-0.39, 0.29) is 22.7 Å². The highest BCUT2D eigenvalue weighted by atomic mass is 15.0. The first-order valence-electron chi connectivity index (χ1n) is 20.9. The first kappa shape index (κ1) is 33.4. The molecule has 0 radical (unpaired) electrons. The summed E-state index contributed by atoms with van der Waals surface area (Å²) in [6.07, 6.45) is 15.6. The Bertz CT molecular complexity index is 3050. The number of para-hydroxylation sites is 2. The number of nitrogens with zero attached hydrogens (tertiary/aromatic N) is 1. The Hall–Kier alpha value is -6.70. The molecule has 276 valence electrons. The van der Waals surface area contributed by atoms with Crippen molar-refractivity contribution in [2.75, 3.05) is 0 Å². The van der Waals surface area contributed by atoms with Crippen LogP contribution in [0.5, 0.6) is 0 Å². The molecule has 12 rings (SSSR count). The van der Waals surface area contributed by atoms with Crippen LogP contribution in [0.3, 0.4) is 0 Å². The zero-order chi connectivity index (χ0) is 38.4. The Balaban J connectivity index is 1.08. The Morgan fingerprint density at radius 1 is 0.500 bits per heavy atom. The van der Waals surface area contributed by atoms with Crippen molar-refractivity contribution in [2.24, 2.45) is 17.8 Å². The smallest absolute Gasteiger partial charge is 0.0541 e. The maximum Gasteiger partial charge on any atom is 0.0541 e. The van der Waals surface area contributed by atoms with Gasteiger partial charge in [-0.15, -0.1) is 0 Å². The maximum absolute atomic E-state index is 2.57. The van der Waals surface area contributed by atoms with Gasteiger partial charge in [-0.1, -0.05) is 195 Å². The summed E-state index contributed by atoms with van der Waals surface area (Å²) in [7, 11) is 0. The average Bonchev–Trinajstić information content (AvgIpc) is 3.79. The van der Waals surface area contributed by atoms with E-state index in [1.54, 1.807) is 0 Å². The van der Waals surface area contributed by atoms with Crippen LogP contribution in [0.4, 0.5) is 0 Å². The highest BCUT2D eigenvalue weighted by molar-refractivity contribution is 6.10. The lowest BCUT2D eigenvalue weighted by molar-refractivity contribution is 0.256. The van der Waals surface area contributed by atoms with Crippen molar-refractivity contribution in [1.82, 2.24) is 4.57 Å². The number of benzene rings is 7. The number of fused-ring (bicyclic) bond motifs is 8. The average molecular weight is 742 g/mol. The molecule has 1 nitrogen and oxygen atoms in total. The summed E-state index contributed by atoms with van der Waals surface area (Å²) in [5, 5.41) is 2.55. The van der Waals surface area contributed by atoms with Crippen LogP contribution in [0.25, 0.3) is 44.2 Å². The number of hydrogen-bond acceptors (Lipinski definition) is 0. The van der Waals surface area contributed by atoms with E-state index in [0.29, 0.717) is 5.92 Å². The molecule has 58 heavy (non-hydrogen) atoms. The Morgan fingerprint density at radius 3 is 1.91 bits per heavy atom. The predicted octanol–water partition coefficient (Wildman–Crippen LogP) is 13.8. The van der Waals surface area contributed by atoms with Crippen molar-refractivity contribution in [3.05, 3.63) is 251 Å². The third-order valence-corrected chi connectivity index (χ3v) is 14.1. The van der Waals surface area contributed by atoms with E-state index in [1.807, 2.05) is 0 Å². The van der Waals surface area contributed by atoms with Gasteiger partial charge in [-0.3, -0.25) is 0 Å². The fourth-order valence-electron chi connectivity index (χ4n) is 11.9. The van der Waals surface area contributed by atoms with Crippen molar-refractivity contribution < 1.29 is 0 Å². The maximum atomic E-state index is 2.57. The standard InChI is InChI=1S/C57H43N/c1-38-16-14-19-43(36-38)56(42-33-30-39(31-34-42)40-32-35-54-48(37-40)46-23-9-13-29-53(46)58(54)44-20-6-3-7-21-44)50-26-11-12-27-51(50)57(41-17-4-2-5-18-41)49-25-10-8-22-45(49)47-24-15-28-52(56)55(47)57/h2-35,37-38,52,55H,36H2,1H3. The number of hydrogen-bond donors (Lipinski definition) is 0. The van der Waals surface area contributed by atoms with Crippen LogP contribution in [-0.2, 0) is 10.8 Å². The molecule has 1 heterocycles. The third kappa shape index (κ3) is 4.42. The summed E-state index contributed by atoms with van der Waals surface area (Å²) in [5.41, 5.74) is 16.8. The summed E-state index contributed by atoms with van der Waals surface area (Å²) < 4.78 is 2.40. The molecule has 0 saturated carbocycles. The van der Waals surface area contributed by atoms with Gasteiger partial charge < -0.3 is 4.57 Å². The Morgan fingerprint density at radius 2 is 1.12 bits per heavy atom. The first-order chi connectivity index (χ1) is 28.7. The van der Waals surface area contributed by atoms with E-state index in [1.165, 1.54) is 83.1 Å². The molecule has 0 N–H and O–H groups in total. The monoisotopic (exact) mass is 741 g/mol. The van der Waals surface area contributed by atoms with Crippen LogP contribution in [0.2, 0.25) is 0 Å². The SMILES string of the molecule is CC1C=CC=C(C2(c3ccc(-c4ccc5c(c4)c4ccccc4n5-c4ccccc4)cc3)c3ccccc3C3(c4ccccc4)c4ccccc4C4=CC=CC2C43)C1. The molecule has 8 aromatic rings. The van der Waals surface area contributed by atoms with Crippen molar-refractivity contribution >= 4 is 27.4 Å². The topological polar surface area (TPSA) is 4.93 Å². The minimum atomic E-state index is -0.373. The number of allylic oxidation sites excluding steroid dienone is 8. The van der Waals surface area contributed by atoms with E-state index < -0.39 is 0 Å². The van der Waals surface area contributed by atoms with Crippen LogP contribution < -0.4 is 0 Å². The van der Waals surface area contributed by atoms with Crippen LogP contribution in [0.15, 0.2) is 218 Å². The van der Waals surface area contributed by atoms with Gasteiger partial charge in [-0.2, -0.15) is 0 Å². The van der Waals surface area contributed by atoms with E-state index in [4.69, 9.17) is 0 Å². The molecule has 0 aliphatic heterocycles. The molecular formula is C57H43N. The molecule has 7 aromatic carbocycles. The van der Waals surface area contributed by atoms with Gasteiger partial charge >= 0.3 is 0 Å². The summed E-state index contributed by atoms with van der Waals surface area (Å²) in [4.78, 5) is 0. The summed E-state index contributed by atoms with van der Waals surface area (Å²) in [5.74, 6) is 0.863. The van der Waals surface area contributed by atoms with Crippen molar-refractivity contribution in [2.45, 2.75) is 24.2 Å². The molecule has 1 heteroatoms. The second-order valence-electron chi connectivity index (χ2n) is 16.8. The molecular weight excluding hydrogens is 699 g/mol. The highest BCUT2D eigenvalue weighted by Crippen LogP contribution is 2.70. The van der Waals surface area contributed by atoms with Gasteiger partial charge in [0.2, 0.25) is 0 Å². The van der Waals surface area contributed by atoms with Gasteiger partial charge in [0.25, 0.3) is 0 Å². The fourth-order valence-corrected chi connectivity index (χ4v) is 11.9. The lowest BCUT2D eigenvalue weighted by Gasteiger charge is -2.57. The van der Waals surface area contributed by atoms with E-state index in [9.17, 15) is 0 Å². The van der Waals surface area contributed by atoms with Crippen LogP contribution in [-0.4, -0.2) is 4.57 Å². The molecule has 0 amide bonds.